The van der Waals surface area contributed by atoms with Crippen molar-refractivity contribution in [1.29, 1.82) is 0 Å². The highest BCUT2D eigenvalue weighted by Crippen LogP contribution is 2.33. The minimum atomic E-state index is -0.280. The molecule has 17 heavy (non-hydrogen) atoms. The van der Waals surface area contributed by atoms with Crippen molar-refractivity contribution in [1.82, 2.24) is 4.90 Å². The van der Waals surface area contributed by atoms with Crippen LogP contribution in [0.3, 0.4) is 0 Å². The van der Waals surface area contributed by atoms with Crippen LogP contribution >= 0.6 is 0 Å². The van der Waals surface area contributed by atoms with Gasteiger partial charge in [0.25, 0.3) is 0 Å². The Kier molecular flexibility index (Phi) is 3.17. The molecule has 0 saturated carbocycles. The fraction of sp³-hybridized carbons (Fsp3) is 0.600. The first kappa shape index (κ1) is 11.2. The molecule has 2 atom stereocenters. The molecule has 2 aliphatic rings. The van der Waals surface area contributed by atoms with Crippen LogP contribution in [0.1, 0.15) is 42.9 Å². The van der Waals surface area contributed by atoms with Gasteiger partial charge in [0, 0.05) is 6.04 Å². The monoisotopic (exact) mass is 231 g/mol. The number of aliphatic hydroxyl groups excluding tert-OH is 1. The lowest BCUT2D eigenvalue weighted by Crippen LogP contribution is -2.44. The molecule has 2 unspecified atom stereocenters. The lowest BCUT2D eigenvalue weighted by molar-refractivity contribution is 0.0261. The molecule has 1 heterocycles. The third-order valence-electron chi connectivity index (χ3n) is 4.31. The molecule has 0 amide bonds. The van der Waals surface area contributed by atoms with E-state index in [9.17, 15) is 5.11 Å². The lowest BCUT2D eigenvalue weighted by atomic mass is 9.84. The van der Waals surface area contributed by atoms with Gasteiger partial charge in [0.15, 0.2) is 0 Å². The summed E-state index contributed by atoms with van der Waals surface area (Å²) in [6, 6.07) is 8.72. The van der Waals surface area contributed by atoms with E-state index < -0.39 is 0 Å². The Bertz CT molecular complexity index is 384. The molecule has 1 aliphatic carbocycles. The number of fused-ring (bicyclic) bond motifs is 1. The van der Waals surface area contributed by atoms with E-state index in [1.807, 2.05) is 6.07 Å². The zero-order valence-electron chi connectivity index (χ0n) is 10.3. The van der Waals surface area contributed by atoms with Crippen molar-refractivity contribution in [3.8, 4) is 0 Å². The first-order chi connectivity index (χ1) is 8.36. The molecule has 2 nitrogen and oxygen atoms in total. The van der Waals surface area contributed by atoms with E-state index in [1.54, 1.807) is 0 Å². The van der Waals surface area contributed by atoms with Crippen molar-refractivity contribution >= 4 is 0 Å². The number of benzene rings is 1. The van der Waals surface area contributed by atoms with Crippen molar-refractivity contribution in [2.45, 2.75) is 44.2 Å². The standard InChI is InChI=1S/C15H21NO/c17-15-13-7-3-2-6-12(13)8-9-14(15)16-10-4-1-5-11-16/h2-3,6-7,14-15,17H,1,4-5,8-11H2. The fourth-order valence-corrected chi connectivity index (χ4v) is 3.35. The predicted octanol–water partition coefficient (Wildman–Crippen LogP) is 2.52. The molecule has 0 aromatic heterocycles. The number of aryl methyl sites for hydroxylation is 1. The van der Waals surface area contributed by atoms with Crippen LogP contribution in [0.15, 0.2) is 24.3 Å². The van der Waals surface area contributed by atoms with Gasteiger partial charge in [-0.3, -0.25) is 4.90 Å². The summed E-state index contributed by atoms with van der Waals surface area (Å²) < 4.78 is 0. The van der Waals surface area contributed by atoms with Crippen molar-refractivity contribution in [3.05, 3.63) is 35.4 Å². The molecule has 2 heteroatoms. The Morgan fingerprint density at radius 2 is 1.82 bits per heavy atom. The Hall–Kier alpha value is -0.860. The number of hydrogen-bond acceptors (Lipinski definition) is 2. The van der Waals surface area contributed by atoms with Gasteiger partial charge < -0.3 is 5.11 Å². The van der Waals surface area contributed by atoms with Gasteiger partial charge >= 0.3 is 0 Å². The van der Waals surface area contributed by atoms with Crippen LogP contribution in [0.5, 0.6) is 0 Å². The summed E-state index contributed by atoms with van der Waals surface area (Å²) in [4.78, 5) is 2.50. The van der Waals surface area contributed by atoms with E-state index in [0.29, 0.717) is 6.04 Å². The third-order valence-corrected chi connectivity index (χ3v) is 4.31. The van der Waals surface area contributed by atoms with Crippen LogP contribution in [-0.4, -0.2) is 29.1 Å². The van der Waals surface area contributed by atoms with Crippen molar-refractivity contribution in [2.24, 2.45) is 0 Å². The molecule has 0 bridgehead atoms. The van der Waals surface area contributed by atoms with E-state index in [-0.39, 0.29) is 6.10 Å². The smallest absolute Gasteiger partial charge is 0.0947 e. The Morgan fingerprint density at radius 1 is 1.06 bits per heavy atom. The number of piperidine rings is 1. The second-order valence-electron chi connectivity index (χ2n) is 5.35. The zero-order valence-corrected chi connectivity index (χ0v) is 10.3. The molecular weight excluding hydrogens is 210 g/mol. The molecule has 3 rings (SSSR count). The molecule has 1 aromatic carbocycles. The van der Waals surface area contributed by atoms with Gasteiger partial charge in [-0.15, -0.1) is 0 Å². The van der Waals surface area contributed by atoms with Gasteiger partial charge in [0.1, 0.15) is 0 Å². The third kappa shape index (κ3) is 2.12. The van der Waals surface area contributed by atoms with Gasteiger partial charge in [-0.25, -0.2) is 0 Å². The van der Waals surface area contributed by atoms with Crippen LogP contribution in [0.2, 0.25) is 0 Å². The van der Waals surface area contributed by atoms with Gasteiger partial charge in [-0.2, -0.15) is 0 Å². The highest BCUT2D eigenvalue weighted by atomic mass is 16.3. The zero-order chi connectivity index (χ0) is 11.7. The highest BCUT2D eigenvalue weighted by molar-refractivity contribution is 5.32. The largest absolute Gasteiger partial charge is 0.387 e. The fourth-order valence-electron chi connectivity index (χ4n) is 3.35. The maximum absolute atomic E-state index is 10.5. The van der Waals surface area contributed by atoms with E-state index in [2.05, 4.69) is 23.1 Å². The molecule has 1 aromatic rings. The molecular formula is C15H21NO. The summed E-state index contributed by atoms with van der Waals surface area (Å²) in [5.74, 6) is 0. The predicted molar refractivity (Wildman–Crippen MR) is 68.9 cm³/mol. The molecule has 1 saturated heterocycles. The summed E-state index contributed by atoms with van der Waals surface area (Å²) >= 11 is 0. The maximum atomic E-state index is 10.5. The van der Waals surface area contributed by atoms with Gasteiger partial charge in [-0.1, -0.05) is 30.7 Å². The summed E-state index contributed by atoms with van der Waals surface area (Å²) in [6.07, 6.45) is 5.90. The molecule has 0 spiro atoms. The molecule has 1 fully saturated rings. The number of rotatable bonds is 1. The molecule has 92 valence electrons. The minimum absolute atomic E-state index is 0.280. The van der Waals surface area contributed by atoms with Crippen LogP contribution < -0.4 is 0 Å². The van der Waals surface area contributed by atoms with E-state index in [1.165, 1.54) is 37.9 Å². The van der Waals surface area contributed by atoms with Gasteiger partial charge in [-0.05, 0) is 49.9 Å². The molecule has 1 aliphatic heterocycles. The molecule has 1 N–H and O–H groups in total. The second-order valence-corrected chi connectivity index (χ2v) is 5.35. The second kappa shape index (κ2) is 4.79. The normalized spacial score (nSPS) is 29.9. The van der Waals surface area contributed by atoms with Crippen LogP contribution in [0.25, 0.3) is 0 Å². The number of likely N-dealkylation sites (tertiary alicyclic amines) is 1. The van der Waals surface area contributed by atoms with Crippen LogP contribution in [-0.2, 0) is 6.42 Å². The van der Waals surface area contributed by atoms with Crippen molar-refractivity contribution in [3.63, 3.8) is 0 Å². The van der Waals surface area contributed by atoms with Crippen LogP contribution in [0.4, 0.5) is 0 Å². The summed E-state index contributed by atoms with van der Waals surface area (Å²) in [5.41, 5.74) is 2.50. The topological polar surface area (TPSA) is 23.5 Å². The summed E-state index contributed by atoms with van der Waals surface area (Å²) in [5, 5.41) is 10.5. The van der Waals surface area contributed by atoms with E-state index >= 15 is 0 Å². The number of aliphatic hydroxyl groups is 1. The van der Waals surface area contributed by atoms with Gasteiger partial charge in [0.05, 0.1) is 6.10 Å². The van der Waals surface area contributed by atoms with E-state index in [0.717, 1.165) is 18.4 Å². The maximum Gasteiger partial charge on any atom is 0.0947 e. The first-order valence-corrected chi connectivity index (χ1v) is 6.86. The lowest BCUT2D eigenvalue weighted by Gasteiger charge is -2.40. The highest BCUT2D eigenvalue weighted by Gasteiger charge is 2.32. The molecule has 0 radical (unpaired) electrons. The Labute approximate surface area is 103 Å². The quantitative estimate of drug-likeness (QED) is 0.803. The van der Waals surface area contributed by atoms with Crippen LogP contribution in [0, 0.1) is 0 Å². The minimum Gasteiger partial charge on any atom is -0.387 e. The summed E-state index contributed by atoms with van der Waals surface area (Å²) in [6.45, 7) is 2.34. The average Bonchev–Trinajstić information content (AvgIpc) is 2.40. The van der Waals surface area contributed by atoms with E-state index in [4.69, 9.17) is 0 Å². The summed E-state index contributed by atoms with van der Waals surface area (Å²) in [7, 11) is 0. The SMILES string of the molecule is OC1c2ccccc2CCC1N1CCCCC1. The van der Waals surface area contributed by atoms with Crippen molar-refractivity contribution in [2.75, 3.05) is 13.1 Å². The Morgan fingerprint density at radius 3 is 2.65 bits per heavy atom. The first-order valence-electron chi connectivity index (χ1n) is 6.86. The average molecular weight is 231 g/mol. The number of hydrogen-bond donors (Lipinski definition) is 1. The number of nitrogens with zero attached hydrogens (tertiary/aromatic N) is 1. The van der Waals surface area contributed by atoms with Crippen molar-refractivity contribution < 1.29 is 5.11 Å². The van der Waals surface area contributed by atoms with Gasteiger partial charge in [0.2, 0.25) is 0 Å². The Balaban J connectivity index is 1.81.